The molecule has 7 nitrogen and oxygen atoms in total. The van der Waals surface area contributed by atoms with E-state index in [-0.39, 0.29) is 5.91 Å². The third kappa shape index (κ3) is 5.79. The normalized spacial score (nSPS) is 13.5. The largest absolute Gasteiger partial charge is 0.378 e. The first-order valence-electron chi connectivity index (χ1n) is 10.0. The number of anilines is 4. The maximum Gasteiger partial charge on any atom is 0.247 e. The van der Waals surface area contributed by atoms with E-state index in [9.17, 15) is 4.79 Å². The van der Waals surface area contributed by atoms with E-state index in [1.165, 1.54) is 23.5 Å². The summed E-state index contributed by atoms with van der Waals surface area (Å²) in [5.41, 5.74) is 2.75. The summed E-state index contributed by atoms with van der Waals surface area (Å²) in [6.07, 6.45) is 2.81. The fourth-order valence-electron chi connectivity index (χ4n) is 3.10. The van der Waals surface area contributed by atoms with E-state index in [4.69, 9.17) is 16.3 Å². The molecule has 1 aromatic heterocycles. The number of morpholine rings is 1. The van der Waals surface area contributed by atoms with E-state index in [0.29, 0.717) is 21.7 Å². The second kappa shape index (κ2) is 10.5. The highest BCUT2D eigenvalue weighted by molar-refractivity contribution is 7.99. The fraction of sp³-hybridized carbons (Fsp3) is 0.174. The third-order valence-corrected chi connectivity index (χ3v) is 6.13. The summed E-state index contributed by atoms with van der Waals surface area (Å²) in [5.74, 6) is 0.212. The molecule has 1 fully saturated rings. The van der Waals surface area contributed by atoms with Crippen LogP contribution in [0.1, 0.15) is 0 Å². The Kier molecular flexibility index (Phi) is 7.26. The van der Waals surface area contributed by atoms with Crippen LogP contribution in [-0.2, 0) is 9.53 Å². The molecule has 1 aliphatic rings. The van der Waals surface area contributed by atoms with Crippen molar-refractivity contribution in [1.29, 1.82) is 0 Å². The number of halogens is 1. The summed E-state index contributed by atoms with van der Waals surface area (Å²) in [6.45, 7) is 6.75. The van der Waals surface area contributed by atoms with E-state index in [1.807, 2.05) is 36.4 Å². The van der Waals surface area contributed by atoms with Gasteiger partial charge in [0, 0.05) is 35.0 Å². The molecule has 1 amide bonds. The Bertz CT molecular complexity index is 1090. The number of carbonyl (C=O) groups excluding carboxylic acids is 1. The monoisotopic (exact) mass is 467 g/mol. The number of rotatable bonds is 7. The lowest BCUT2D eigenvalue weighted by molar-refractivity contribution is -0.111. The molecule has 0 unspecified atom stereocenters. The molecule has 2 aromatic carbocycles. The van der Waals surface area contributed by atoms with Crippen LogP contribution in [0, 0.1) is 0 Å². The maximum atomic E-state index is 11.4. The molecule has 0 spiro atoms. The molecular formula is C23H22ClN5O2S. The van der Waals surface area contributed by atoms with Crippen molar-refractivity contribution < 1.29 is 9.53 Å². The van der Waals surface area contributed by atoms with Crippen LogP contribution in [-0.4, -0.2) is 42.2 Å². The summed E-state index contributed by atoms with van der Waals surface area (Å²) in [6, 6.07) is 15.6. The van der Waals surface area contributed by atoms with Gasteiger partial charge in [-0.3, -0.25) is 4.79 Å². The molecule has 0 radical (unpaired) electrons. The van der Waals surface area contributed by atoms with Gasteiger partial charge >= 0.3 is 0 Å². The van der Waals surface area contributed by atoms with Crippen molar-refractivity contribution >= 4 is 52.3 Å². The first-order valence-corrected chi connectivity index (χ1v) is 11.2. The lowest BCUT2D eigenvalue weighted by Gasteiger charge is -2.28. The SMILES string of the molecule is C=CC(=O)Nc1ccc(Sc2nc(Nc3ccc(N4CCOCC4)cc3)ncc2Cl)cc1. The van der Waals surface area contributed by atoms with Crippen LogP contribution in [0.3, 0.4) is 0 Å². The summed E-state index contributed by atoms with van der Waals surface area (Å²) in [4.78, 5) is 23.5. The zero-order valence-electron chi connectivity index (χ0n) is 17.3. The lowest BCUT2D eigenvalue weighted by Crippen LogP contribution is -2.36. The van der Waals surface area contributed by atoms with Crippen molar-refractivity contribution in [3.05, 3.63) is 72.4 Å². The van der Waals surface area contributed by atoms with Crippen LogP contribution in [0.2, 0.25) is 5.02 Å². The van der Waals surface area contributed by atoms with Gasteiger partial charge in [-0.1, -0.05) is 29.9 Å². The Balaban J connectivity index is 1.42. The molecule has 2 N–H and O–H groups in total. The Morgan fingerprint density at radius 3 is 2.47 bits per heavy atom. The van der Waals surface area contributed by atoms with Crippen LogP contribution in [0.4, 0.5) is 23.0 Å². The van der Waals surface area contributed by atoms with E-state index < -0.39 is 0 Å². The highest BCUT2D eigenvalue weighted by Gasteiger charge is 2.12. The van der Waals surface area contributed by atoms with Gasteiger partial charge in [0.1, 0.15) is 5.03 Å². The van der Waals surface area contributed by atoms with Crippen LogP contribution in [0.25, 0.3) is 0 Å². The van der Waals surface area contributed by atoms with Gasteiger partial charge in [0.15, 0.2) is 0 Å². The average molecular weight is 468 g/mol. The number of ether oxygens (including phenoxy) is 1. The van der Waals surface area contributed by atoms with Crippen molar-refractivity contribution in [2.24, 2.45) is 0 Å². The first-order chi connectivity index (χ1) is 15.6. The van der Waals surface area contributed by atoms with Crippen LogP contribution in [0.5, 0.6) is 0 Å². The Morgan fingerprint density at radius 1 is 1.09 bits per heavy atom. The molecule has 9 heteroatoms. The molecule has 0 saturated carbocycles. The summed E-state index contributed by atoms with van der Waals surface area (Å²) < 4.78 is 5.41. The highest BCUT2D eigenvalue weighted by Crippen LogP contribution is 2.33. The minimum atomic E-state index is -0.252. The molecule has 32 heavy (non-hydrogen) atoms. The number of aromatic nitrogens is 2. The van der Waals surface area contributed by atoms with Gasteiger partial charge in [-0.05, 0) is 54.6 Å². The second-order valence-corrected chi connectivity index (χ2v) is 8.41. The van der Waals surface area contributed by atoms with Gasteiger partial charge in [0.05, 0.1) is 24.4 Å². The van der Waals surface area contributed by atoms with E-state index in [2.05, 4.69) is 44.2 Å². The zero-order valence-corrected chi connectivity index (χ0v) is 18.8. The standard InChI is InChI=1S/C23H22ClN5O2S/c1-2-21(30)26-16-5-9-19(10-6-16)32-22-20(24)15-25-23(28-22)27-17-3-7-18(8-4-17)29-11-13-31-14-12-29/h2-10,15H,1,11-14H2,(H,26,30)(H,25,27,28). The molecule has 1 aliphatic heterocycles. The van der Waals surface area contributed by atoms with Gasteiger partial charge in [-0.25, -0.2) is 9.97 Å². The van der Waals surface area contributed by atoms with Crippen molar-refractivity contribution in [2.45, 2.75) is 9.92 Å². The van der Waals surface area contributed by atoms with E-state index >= 15 is 0 Å². The number of nitrogens with zero attached hydrogens (tertiary/aromatic N) is 3. The number of hydrogen-bond acceptors (Lipinski definition) is 7. The van der Waals surface area contributed by atoms with Crippen LogP contribution in [0.15, 0.2) is 77.3 Å². The highest BCUT2D eigenvalue weighted by atomic mass is 35.5. The Morgan fingerprint density at radius 2 is 1.78 bits per heavy atom. The topological polar surface area (TPSA) is 79.4 Å². The second-order valence-electron chi connectivity index (χ2n) is 6.94. The van der Waals surface area contributed by atoms with Crippen LogP contribution < -0.4 is 15.5 Å². The Hall–Kier alpha value is -3.07. The molecule has 0 bridgehead atoms. The maximum absolute atomic E-state index is 11.4. The molecular weight excluding hydrogens is 446 g/mol. The van der Waals surface area contributed by atoms with Crippen molar-refractivity contribution in [1.82, 2.24) is 9.97 Å². The van der Waals surface area contributed by atoms with Gasteiger partial charge in [0.25, 0.3) is 0 Å². The molecule has 2 heterocycles. The van der Waals surface area contributed by atoms with Gasteiger partial charge < -0.3 is 20.3 Å². The molecule has 4 rings (SSSR count). The summed E-state index contributed by atoms with van der Waals surface area (Å²) in [7, 11) is 0. The number of carbonyl (C=O) groups is 1. The zero-order chi connectivity index (χ0) is 22.3. The van der Waals surface area contributed by atoms with Gasteiger partial charge in [-0.2, -0.15) is 0 Å². The van der Waals surface area contributed by atoms with Gasteiger partial charge in [-0.15, -0.1) is 0 Å². The number of hydrogen-bond donors (Lipinski definition) is 2. The van der Waals surface area contributed by atoms with Crippen molar-refractivity contribution in [3.63, 3.8) is 0 Å². The predicted molar refractivity (Wildman–Crippen MR) is 129 cm³/mol. The Labute approximate surface area is 195 Å². The van der Waals surface area contributed by atoms with Gasteiger partial charge in [0.2, 0.25) is 11.9 Å². The third-order valence-electron chi connectivity index (χ3n) is 4.73. The quantitative estimate of drug-likeness (QED) is 0.374. The molecule has 0 atom stereocenters. The minimum Gasteiger partial charge on any atom is -0.378 e. The van der Waals surface area contributed by atoms with E-state index in [0.717, 1.165) is 36.9 Å². The molecule has 164 valence electrons. The summed E-state index contributed by atoms with van der Waals surface area (Å²) in [5, 5.41) is 7.05. The summed E-state index contributed by atoms with van der Waals surface area (Å²) >= 11 is 7.74. The number of benzene rings is 2. The average Bonchev–Trinajstić information content (AvgIpc) is 2.83. The smallest absolute Gasteiger partial charge is 0.247 e. The van der Waals surface area contributed by atoms with Crippen molar-refractivity contribution in [2.75, 3.05) is 41.8 Å². The van der Waals surface area contributed by atoms with E-state index in [1.54, 1.807) is 6.20 Å². The first kappa shape index (κ1) is 22.1. The minimum absolute atomic E-state index is 0.252. The predicted octanol–water partition coefficient (Wildman–Crippen LogP) is 4.99. The van der Waals surface area contributed by atoms with Crippen LogP contribution >= 0.6 is 23.4 Å². The van der Waals surface area contributed by atoms with Crippen molar-refractivity contribution in [3.8, 4) is 0 Å². The lowest BCUT2D eigenvalue weighted by atomic mass is 10.2. The molecule has 1 saturated heterocycles. The fourth-order valence-corrected chi connectivity index (χ4v) is 4.09. The molecule has 0 aliphatic carbocycles. The number of amides is 1. The molecule has 3 aromatic rings. The number of nitrogens with one attached hydrogen (secondary N) is 2.